The number of carboxylic acids is 1. The molecule has 0 amide bonds. The van der Waals surface area contributed by atoms with Crippen molar-refractivity contribution < 1.29 is 9.90 Å². The number of benzene rings is 2. The predicted octanol–water partition coefficient (Wildman–Crippen LogP) is 5.22. The van der Waals surface area contributed by atoms with E-state index in [1.165, 1.54) is 0 Å². The van der Waals surface area contributed by atoms with Gasteiger partial charge in [-0.15, -0.1) is 0 Å². The highest BCUT2D eigenvalue weighted by atomic mass is 35.5. The van der Waals surface area contributed by atoms with Crippen LogP contribution in [0.3, 0.4) is 0 Å². The number of carbonyl (C=O) groups is 1. The zero-order valence-electron chi connectivity index (χ0n) is 11.6. The molecule has 0 saturated heterocycles. The molecule has 1 N–H and O–H groups in total. The number of aromatic nitrogens is 1. The zero-order valence-corrected chi connectivity index (χ0v) is 13.1. The SMILES string of the molecule is Cc1c(-c2ccc(Cl)cc2)nc2cc(Cl)ccc2c1C(=O)O. The summed E-state index contributed by atoms with van der Waals surface area (Å²) >= 11 is 11.9. The zero-order chi connectivity index (χ0) is 15.9. The van der Waals surface area contributed by atoms with Gasteiger partial charge in [0.25, 0.3) is 0 Å². The minimum Gasteiger partial charge on any atom is -0.478 e. The van der Waals surface area contributed by atoms with Crippen molar-refractivity contribution in [2.75, 3.05) is 0 Å². The number of hydrogen-bond donors (Lipinski definition) is 1. The van der Waals surface area contributed by atoms with Crippen LogP contribution in [0.15, 0.2) is 42.5 Å². The minimum absolute atomic E-state index is 0.242. The van der Waals surface area contributed by atoms with Crippen molar-refractivity contribution in [1.29, 1.82) is 0 Å². The smallest absolute Gasteiger partial charge is 0.336 e. The van der Waals surface area contributed by atoms with Gasteiger partial charge in [0.15, 0.2) is 0 Å². The molecule has 2 aromatic carbocycles. The Labute approximate surface area is 137 Å². The number of carboxylic acid groups (broad SMARTS) is 1. The molecule has 110 valence electrons. The fourth-order valence-electron chi connectivity index (χ4n) is 2.50. The molecule has 0 aliphatic heterocycles. The summed E-state index contributed by atoms with van der Waals surface area (Å²) in [5.74, 6) is -0.984. The maximum atomic E-state index is 11.7. The molecule has 0 radical (unpaired) electrons. The summed E-state index contributed by atoms with van der Waals surface area (Å²) in [6.45, 7) is 1.76. The molecule has 0 fully saturated rings. The van der Waals surface area contributed by atoms with E-state index >= 15 is 0 Å². The molecule has 22 heavy (non-hydrogen) atoms. The van der Waals surface area contributed by atoms with Gasteiger partial charge in [0.1, 0.15) is 0 Å². The molecule has 0 atom stereocenters. The first-order valence-electron chi connectivity index (χ1n) is 6.56. The van der Waals surface area contributed by atoms with Gasteiger partial charge in [-0.05, 0) is 36.8 Å². The first kappa shape index (κ1) is 14.8. The summed E-state index contributed by atoms with van der Waals surface area (Å²) in [5, 5.41) is 11.3. The predicted molar refractivity (Wildman–Crippen MR) is 88.9 cm³/mol. The summed E-state index contributed by atoms with van der Waals surface area (Å²) in [6, 6.07) is 12.2. The number of halogens is 2. The minimum atomic E-state index is -0.984. The van der Waals surface area contributed by atoms with Crippen LogP contribution in [0.5, 0.6) is 0 Å². The van der Waals surface area contributed by atoms with Crippen LogP contribution in [-0.4, -0.2) is 16.1 Å². The van der Waals surface area contributed by atoms with Crippen LogP contribution in [-0.2, 0) is 0 Å². The first-order valence-corrected chi connectivity index (χ1v) is 7.32. The molecule has 0 aliphatic carbocycles. The molecular weight excluding hydrogens is 321 g/mol. The van der Waals surface area contributed by atoms with E-state index in [9.17, 15) is 9.90 Å². The van der Waals surface area contributed by atoms with Crippen molar-refractivity contribution in [2.24, 2.45) is 0 Å². The number of rotatable bonds is 2. The van der Waals surface area contributed by atoms with E-state index in [0.29, 0.717) is 32.2 Å². The second kappa shape index (κ2) is 5.59. The summed E-state index contributed by atoms with van der Waals surface area (Å²) < 4.78 is 0. The third-order valence-corrected chi connectivity index (χ3v) is 4.01. The Morgan fingerprint density at radius 1 is 1.05 bits per heavy atom. The maximum Gasteiger partial charge on any atom is 0.336 e. The van der Waals surface area contributed by atoms with Crippen LogP contribution >= 0.6 is 23.2 Å². The third-order valence-electron chi connectivity index (χ3n) is 3.52. The van der Waals surface area contributed by atoms with Crippen molar-refractivity contribution in [3.05, 3.63) is 63.6 Å². The average molecular weight is 332 g/mol. The third kappa shape index (κ3) is 2.54. The van der Waals surface area contributed by atoms with Crippen LogP contribution in [0.25, 0.3) is 22.2 Å². The molecule has 0 spiro atoms. The van der Waals surface area contributed by atoms with Crippen LogP contribution < -0.4 is 0 Å². The second-order valence-corrected chi connectivity index (χ2v) is 5.81. The van der Waals surface area contributed by atoms with Gasteiger partial charge in [-0.1, -0.05) is 41.4 Å². The molecule has 0 unspecified atom stereocenters. The normalized spacial score (nSPS) is 10.9. The molecule has 3 rings (SSSR count). The van der Waals surface area contributed by atoms with Gasteiger partial charge >= 0.3 is 5.97 Å². The Morgan fingerprint density at radius 3 is 2.32 bits per heavy atom. The van der Waals surface area contributed by atoms with Crippen molar-refractivity contribution >= 4 is 40.1 Å². The second-order valence-electron chi connectivity index (χ2n) is 4.93. The number of fused-ring (bicyclic) bond motifs is 1. The van der Waals surface area contributed by atoms with E-state index in [4.69, 9.17) is 23.2 Å². The lowest BCUT2D eigenvalue weighted by molar-refractivity contribution is 0.0698. The average Bonchev–Trinajstić information content (AvgIpc) is 2.47. The van der Waals surface area contributed by atoms with Gasteiger partial charge in [-0.2, -0.15) is 0 Å². The molecule has 1 heterocycles. The van der Waals surface area contributed by atoms with Gasteiger partial charge in [-0.3, -0.25) is 0 Å². The summed E-state index contributed by atoms with van der Waals surface area (Å²) in [4.78, 5) is 16.3. The Balaban J connectivity index is 2.37. The van der Waals surface area contributed by atoms with Crippen LogP contribution in [0, 0.1) is 6.92 Å². The highest BCUT2D eigenvalue weighted by Crippen LogP contribution is 2.31. The van der Waals surface area contributed by atoms with E-state index in [1.807, 2.05) is 12.1 Å². The molecule has 3 aromatic rings. The topological polar surface area (TPSA) is 50.2 Å². The lowest BCUT2D eigenvalue weighted by atomic mass is 9.98. The van der Waals surface area contributed by atoms with Crippen LogP contribution in [0.1, 0.15) is 15.9 Å². The van der Waals surface area contributed by atoms with E-state index in [0.717, 1.165) is 5.56 Å². The van der Waals surface area contributed by atoms with Crippen molar-refractivity contribution in [3.8, 4) is 11.3 Å². The van der Waals surface area contributed by atoms with Gasteiger partial charge in [0, 0.05) is 21.0 Å². The monoisotopic (exact) mass is 331 g/mol. The van der Waals surface area contributed by atoms with Gasteiger partial charge in [0.05, 0.1) is 16.8 Å². The molecule has 3 nitrogen and oxygen atoms in total. The molecule has 0 aliphatic rings. The Kier molecular flexibility index (Phi) is 3.77. The fraction of sp³-hybridized carbons (Fsp3) is 0.0588. The molecule has 1 aromatic heterocycles. The molecule has 0 bridgehead atoms. The van der Waals surface area contributed by atoms with E-state index in [1.54, 1.807) is 37.3 Å². The number of aromatic carboxylic acids is 1. The Morgan fingerprint density at radius 2 is 1.68 bits per heavy atom. The van der Waals surface area contributed by atoms with Crippen molar-refractivity contribution in [1.82, 2.24) is 4.98 Å². The summed E-state index contributed by atoms with van der Waals surface area (Å²) in [6.07, 6.45) is 0. The van der Waals surface area contributed by atoms with Crippen molar-refractivity contribution in [3.63, 3.8) is 0 Å². The van der Waals surface area contributed by atoms with E-state index in [-0.39, 0.29) is 5.56 Å². The fourth-order valence-corrected chi connectivity index (χ4v) is 2.79. The quantitative estimate of drug-likeness (QED) is 0.700. The van der Waals surface area contributed by atoms with Gasteiger partial charge in [0.2, 0.25) is 0 Å². The lowest BCUT2D eigenvalue weighted by Crippen LogP contribution is -2.04. The van der Waals surface area contributed by atoms with Crippen LogP contribution in [0.4, 0.5) is 0 Å². The number of nitrogens with zero attached hydrogens (tertiary/aromatic N) is 1. The van der Waals surface area contributed by atoms with Crippen LogP contribution in [0.2, 0.25) is 10.0 Å². The van der Waals surface area contributed by atoms with Crippen molar-refractivity contribution in [2.45, 2.75) is 6.92 Å². The summed E-state index contributed by atoms with van der Waals surface area (Å²) in [5.41, 5.74) is 2.84. The van der Waals surface area contributed by atoms with Gasteiger partial charge in [-0.25, -0.2) is 9.78 Å². The first-order chi connectivity index (χ1) is 10.5. The maximum absolute atomic E-state index is 11.7. The summed E-state index contributed by atoms with van der Waals surface area (Å²) in [7, 11) is 0. The van der Waals surface area contributed by atoms with Gasteiger partial charge < -0.3 is 5.11 Å². The van der Waals surface area contributed by atoms with E-state index in [2.05, 4.69) is 4.98 Å². The van der Waals surface area contributed by atoms with E-state index < -0.39 is 5.97 Å². The highest BCUT2D eigenvalue weighted by Gasteiger charge is 2.18. The Bertz CT molecular complexity index is 889. The largest absolute Gasteiger partial charge is 0.478 e. The number of pyridine rings is 1. The number of hydrogen-bond acceptors (Lipinski definition) is 2. The standard InChI is InChI=1S/C17H11Cl2NO2/c1-9-15(17(21)22)13-7-6-12(19)8-14(13)20-16(9)10-2-4-11(18)5-3-10/h2-8H,1H3,(H,21,22). The Hall–Kier alpha value is -2.10. The highest BCUT2D eigenvalue weighted by molar-refractivity contribution is 6.31. The lowest BCUT2D eigenvalue weighted by Gasteiger charge is -2.12. The molecular formula is C17H11Cl2NO2. The molecule has 0 saturated carbocycles. The molecule has 5 heteroatoms.